The van der Waals surface area contributed by atoms with E-state index in [1.165, 1.54) is 76.2 Å². The first-order valence-corrected chi connectivity index (χ1v) is 43.5. The lowest BCUT2D eigenvalue weighted by molar-refractivity contribution is -0.340. The Labute approximate surface area is 739 Å². The van der Waals surface area contributed by atoms with Gasteiger partial charge in [0.2, 0.25) is 12.2 Å². The first-order chi connectivity index (χ1) is 59.1. The van der Waals surface area contributed by atoms with Gasteiger partial charge in [0.25, 0.3) is 0 Å². The number of hydrogen-bond acceptors (Lipinski definition) is 28. The Bertz CT molecular complexity index is 4740. The number of Topliss-reactive ketones (excluding diaryl/α,β-unsaturated/α-hetero) is 2. The molecule has 4 saturated carbocycles. The standard InChI is InChI=1S/C97H120N2O28/c1-49-43-63-94(47-114-63,122-55(7)100)73-77(120-79(104)59-39-31-25-32-40-59)96(112)45-61(51(3)65(89(96,15)16)53(5)75(102)92(49,73)21)116-81(106)69(67(57-35-27-23-28-36-57)98-85(110)126-87(9,10)11)118-83(108)71-72(125-91(19,20)124-71)84(109)119-70(68(58-37-29-24-30-38-58)99-86(111)127-88(12,13)14)82(107)117-62-46-97(113)78(121-80(105)60-41-33-26-34-42-60)74-93(22,76(103)54(6)66(52(62)4)90(97,17)18)50(2)44-64-95(74,48-115-64)123-56(8)101/h23-42,49-50,53-54,61-64,67-74,77-78,112-113H,43-48H2,1-22H3,(H,98,110)(H,99,111)/t49-,50-,53+,54+,61-,62-,63+,64+,67-,68+,69+,70+,71+,72+,73?,74?,77-,78-,92+,93+,94+,95+,96+,97+/m0/s1. The second kappa shape index (κ2) is 34.0. The fourth-order valence-corrected chi connectivity index (χ4v) is 22.4. The van der Waals surface area contributed by atoms with Crippen molar-refractivity contribution in [3.8, 4) is 0 Å². The predicted molar refractivity (Wildman–Crippen MR) is 451 cm³/mol. The average Bonchev–Trinajstić information content (AvgIpc) is 0.674. The molecule has 686 valence electrons. The Morgan fingerprint density at radius 2 is 0.780 bits per heavy atom. The van der Waals surface area contributed by atoms with Crippen LogP contribution in [0.2, 0.25) is 0 Å². The third kappa shape index (κ3) is 16.7. The van der Waals surface area contributed by atoms with Gasteiger partial charge in [-0.2, -0.15) is 0 Å². The zero-order valence-corrected chi connectivity index (χ0v) is 76.2. The quantitative estimate of drug-likeness (QED) is 0.0363. The second-order valence-electron chi connectivity index (χ2n) is 39.9. The molecule has 13 rings (SSSR count). The average molecular weight is 1760 g/mol. The SMILES string of the molecule is CC(=O)O[C@]12CO[C@@H]1C[C@H](C)[C@@]1(C)C(=O)[C@H](C)C3=C(C)[C@@H](OC(=O)[C@H](OC(=O)[C@@H]4OC(C)(C)O[C@H]4C(=O)O[C@@H](C(=O)O[C@H]4C[C@@]5(O)[C@@H](OC(=O)c6ccccc6)C6[C@@]7(OC(C)=O)CO[C@@H]7C[C@H](C)[C@@]6(C)C(=O)[C@H](C)C(=C4C)C5(C)C)[C@@H](NC(=O)OC(C)(C)C)c4ccccc4)[C@H](NC(=O)OC(C)(C)C)c4ccccc4)C[C@@](O)([C@@H](OC(=O)c4ccccc4)C21)C3(C)C. The largest absolute Gasteiger partial charge is 0.455 e. The van der Waals surface area contributed by atoms with Crippen LogP contribution in [0.5, 0.6) is 0 Å². The molecular weight excluding hydrogens is 1640 g/mol. The fourth-order valence-electron chi connectivity index (χ4n) is 22.4. The zero-order chi connectivity index (χ0) is 93.1. The Hall–Kier alpha value is -10.2. The Balaban J connectivity index is 0.903. The van der Waals surface area contributed by atoms with E-state index in [9.17, 15) is 39.0 Å². The lowest BCUT2D eigenvalue weighted by atomic mass is 9.42. The van der Waals surface area contributed by atoms with E-state index >= 15 is 28.8 Å². The van der Waals surface area contributed by atoms with Crippen molar-refractivity contribution in [1.82, 2.24) is 10.6 Å². The molecule has 2 amide bonds. The molecule has 24 atom stereocenters. The van der Waals surface area contributed by atoms with Crippen molar-refractivity contribution >= 4 is 71.5 Å². The lowest BCUT2D eigenvalue weighted by Gasteiger charge is -2.68. The number of ether oxygens (including phenoxy) is 14. The number of amides is 2. The van der Waals surface area contributed by atoms with E-state index in [1.54, 1.807) is 184 Å². The van der Waals surface area contributed by atoms with Crippen molar-refractivity contribution in [3.05, 3.63) is 166 Å². The first kappa shape index (κ1) is 94.4. The van der Waals surface area contributed by atoms with Crippen LogP contribution in [-0.4, -0.2) is 195 Å². The van der Waals surface area contributed by atoms with E-state index in [0.717, 1.165) is 0 Å². The minimum Gasteiger partial charge on any atom is -0.455 e. The molecule has 2 unspecified atom stereocenters. The van der Waals surface area contributed by atoms with Crippen molar-refractivity contribution in [2.75, 3.05) is 13.2 Å². The highest BCUT2D eigenvalue weighted by atomic mass is 16.8. The summed E-state index contributed by atoms with van der Waals surface area (Å²) in [6, 6.07) is 27.7. The summed E-state index contributed by atoms with van der Waals surface area (Å²) in [6.45, 7) is 34.4. The molecule has 7 fully saturated rings. The second-order valence-corrected chi connectivity index (χ2v) is 39.9. The number of fused-ring (bicyclic) bond motifs is 10. The summed E-state index contributed by atoms with van der Waals surface area (Å²) in [7, 11) is 0. The molecule has 4 aromatic rings. The molecular formula is C97H120N2O28. The summed E-state index contributed by atoms with van der Waals surface area (Å²) >= 11 is 0. The van der Waals surface area contributed by atoms with Gasteiger partial charge in [-0.25, -0.2) is 38.4 Å². The highest BCUT2D eigenvalue weighted by Gasteiger charge is 2.80. The molecule has 4 bridgehead atoms. The molecule has 0 aromatic heterocycles. The molecule has 6 aliphatic carbocycles. The van der Waals surface area contributed by atoms with E-state index in [2.05, 4.69) is 10.6 Å². The summed E-state index contributed by atoms with van der Waals surface area (Å²) in [4.78, 5) is 183. The number of nitrogens with one attached hydrogen (secondary N) is 2. The smallest absolute Gasteiger partial charge is 0.408 e. The van der Waals surface area contributed by atoms with Crippen LogP contribution in [0.1, 0.15) is 222 Å². The highest BCUT2D eigenvalue weighted by molar-refractivity contribution is 5.95. The van der Waals surface area contributed by atoms with Gasteiger partial charge < -0.3 is 87.2 Å². The number of carbonyl (C=O) groups is 12. The monoisotopic (exact) mass is 1760 g/mol. The molecule has 4 N–H and O–H groups in total. The topological polar surface area (TPSA) is 399 Å². The Kier molecular flexibility index (Phi) is 25.3. The van der Waals surface area contributed by atoms with Crippen LogP contribution in [0.4, 0.5) is 9.59 Å². The van der Waals surface area contributed by atoms with Crippen LogP contribution in [0.3, 0.4) is 0 Å². The molecule has 3 saturated heterocycles. The lowest BCUT2D eigenvalue weighted by Crippen LogP contribution is -2.80. The third-order valence-corrected chi connectivity index (χ3v) is 28.7. The number of ketones is 2. The summed E-state index contributed by atoms with van der Waals surface area (Å²) in [5, 5.41) is 34.4. The molecule has 3 aliphatic heterocycles. The van der Waals surface area contributed by atoms with Gasteiger partial charge in [0, 0.05) is 60.2 Å². The van der Waals surface area contributed by atoms with Gasteiger partial charge in [0.05, 0.1) is 36.2 Å². The van der Waals surface area contributed by atoms with E-state index < -0.39 is 242 Å². The number of carbonyl (C=O) groups excluding carboxylic acids is 12. The van der Waals surface area contributed by atoms with Crippen LogP contribution < -0.4 is 10.6 Å². The van der Waals surface area contributed by atoms with E-state index in [1.807, 2.05) is 13.8 Å². The van der Waals surface area contributed by atoms with Crippen LogP contribution in [0.25, 0.3) is 0 Å². The fraction of sp³-hybridized carbons (Fsp3) is 0.588. The summed E-state index contributed by atoms with van der Waals surface area (Å²) < 4.78 is 89.0. The molecule has 3 heterocycles. The number of rotatable bonds is 20. The number of aliphatic hydroxyl groups is 2. The molecule has 0 radical (unpaired) electrons. The Morgan fingerprint density at radius 1 is 0.465 bits per heavy atom. The van der Waals surface area contributed by atoms with Crippen LogP contribution >= 0.6 is 0 Å². The van der Waals surface area contributed by atoms with Gasteiger partial charge in [-0.3, -0.25) is 19.2 Å². The van der Waals surface area contributed by atoms with E-state index in [4.69, 9.17) is 66.3 Å². The minimum absolute atomic E-state index is 0.0592. The van der Waals surface area contributed by atoms with Crippen LogP contribution in [-0.2, 0) is 105 Å². The van der Waals surface area contributed by atoms with Gasteiger partial charge in [-0.05, 0) is 152 Å². The van der Waals surface area contributed by atoms with Crippen molar-refractivity contribution in [2.24, 2.45) is 57.2 Å². The number of benzene rings is 4. The van der Waals surface area contributed by atoms with Crippen molar-refractivity contribution in [1.29, 1.82) is 0 Å². The summed E-state index contributed by atoms with van der Waals surface area (Å²) in [6.07, 6.45) is -21.1. The van der Waals surface area contributed by atoms with Gasteiger partial charge in [-0.1, -0.05) is 166 Å². The Morgan fingerprint density at radius 3 is 1.07 bits per heavy atom. The minimum atomic E-state index is -2.41. The zero-order valence-electron chi connectivity index (χ0n) is 76.2. The number of hydrogen-bond donors (Lipinski definition) is 4. The van der Waals surface area contributed by atoms with Crippen LogP contribution in [0.15, 0.2) is 144 Å². The van der Waals surface area contributed by atoms with E-state index in [0.29, 0.717) is 0 Å². The summed E-state index contributed by atoms with van der Waals surface area (Å²) in [5.74, 6) is -18.1. The molecule has 30 heteroatoms. The van der Waals surface area contributed by atoms with Gasteiger partial charge in [0.15, 0.2) is 29.2 Å². The molecule has 30 nitrogen and oxygen atoms in total. The maximum absolute atomic E-state index is 16.4. The number of alkyl carbamates (subject to hydrolysis) is 2. The third-order valence-electron chi connectivity index (χ3n) is 28.7. The van der Waals surface area contributed by atoms with Crippen molar-refractivity contribution in [2.45, 2.75) is 291 Å². The van der Waals surface area contributed by atoms with Crippen molar-refractivity contribution in [3.63, 3.8) is 0 Å². The maximum Gasteiger partial charge on any atom is 0.408 e. The molecule has 9 aliphatic rings. The first-order valence-electron chi connectivity index (χ1n) is 43.5. The maximum atomic E-state index is 16.4. The van der Waals surface area contributed by atoms with Crippen molar-refractivity contribution < 1.29 is 134 Å². The van der Waals surface area contributed by atoms with Crippen LogP contribution in [0, 0.1) is 57.2 Å². The highest BCUT2D eigenvalue weighted by Crippen LogP contribution is 2.69. The van der Waals surface area contributed by atoms with E-state index in [-0.39, 0.29) is 82.2 Å². The normalized spacial score (nSPS) is 34.0. The van der Waals surface area contributed by atoms with Gasteiger partial charge >= 0.3 is 59.9 Å². The summed E-state index contributed by atoms with van der Waals surface area (Å²) in [5.41, 5.74) is -15.5. The van der Waals surface area contributed by atoms with Gasteiger partial charge in [-0.15, -0.1) is 0 Å². The molecule has 127 heavy (non-hydrogen) atoms. The molecule has 4 aromatic carbocycles. The van der Waals surface area contributed by atoms with Gasteiger partial charge in [0.1, 0.15) is 82.7 Å². The predicted octanol–water partition coefficient (Wildman–Crippen LogP) is 12.3. The number of esters is 8. The molecule has 0 spiro atoms.